The highest BCUT2D eigenvalue weighted by atomic mass is 35.5. The quantitative estimate of drug-likeness (QED) is 0.693. The van der Waals surface area contributed by atoms with Crippen molar-refractivity contribution in [3.63, 3.8) is 0 Å². The lowest BCUT2D eigenvalue weighted by Crippen LogP contribution is -2.57. The van der Waals surface area contributed by atoms with Crippen LogP contribution < -0.4 is 0 Å². The summed E-state index contributed by atoms with van der Waals surface area (Å²) in [5, 5.41) is 1.44. The molecule has 3 aromatic rings. The largest absolute Gasteiger partial charge is 0.361 e. The molecule has 28 heavy (non-hydrogen) atoms. The van der Waals surface area contributed by atoms with Crippen molar-refractivity contribution in [2.24, 2.45) is 0 Å². The Hall–Kier alpha value is -2.37. The summed E-state index contributed by atoms with van der Waals surface area (Å²) < 4.78 is 13.1. The third-order valence-electron chi connectivity index (χ3n) is 5.55. The van der Waals surface area contributed by atoms with Crippen LogP contribution in [0.1, 0.15) is 29.8 Å². The number of benzene rings is 2. The molecule has 0 bridgehead atoms. The monoisotopic (exact) mass is 399 g/mol. The van der Waals surface area contributed by atoms with Gasteiger partial charge >= 0.3 is 0 Å². The Kier molecular flexibility index (Phi) is 5.13. The number of nitrogens with zero attached hydrogens (tertiary/aromatic N) is 2. The van der Waals surface area contributed by atoms with Crippen LogP contribution in [-0.2, 0) is 6.54 Å². The number of rotatable bonds is 3. The van der Waals surface area contributed by atoms with Crippen molar-refractivity contribution in [3.8, 4) is 0 Å². The van der Waals surface area contributed by atoms with Crippen LogP contribution in [0.15, 0.2) is 48.7 Å². The van der Waals surface area contributed by atoms with Gasteiger partial charge in [0.1, 0.15) is 5.82 Å². The van der Waals surface area contributed by atoms with Gasteiger partial charge in [-0.15, -0.1) is 0 Å². The van der Waals surface area contributed by atoms with Gasteiger partial charge < -0.3 is 9.88 Å². The lowest BCUT2D eigenvalue weighted by atomic mass is 10.0. The van der Waals surface area contributed by atoms with Gasteiger partial charge in [0.05, 0.1) is 10.6 Å². The Balaban J connectivity index is 1.51. The number of hydrogen-bond acceptors (Lipinski definition) is 2. The molecule has 1 fully saturated rings. The number of nitrogens with one attached hydrogen (secondary N) is 1. The van der Waals surface area contributed by atoms with Crippen molar-refractivity contribution in [3.05, 3.63) is 70.6 Å². The fraction of sp³-hybridized carbons (Fsp3) is 0.318. The van der Waals surface area contributed by atoms with Gasteiger partial charge in [-0.2, -0.15) is 0 Å². The van der Waals surface area contributed by atoms with Crippen LogP contribution in [-0.4, -0.2) is 45.9 Å². The number of hydrogen-bond donors (Lipinski definition) is 1. The Bertz CT molecular complexity index is 1000. The van der Waals surface area contributed by atoms with Crippen LogP contribution in [0.5, 0.6) is 0 Å². The smallest absolute Gasteiger partial charge is 0.255 e. The van der Waals surface area contributed by atoms with E-state index in [0.717, 1.165) is 29.6 Å². The number of carbonyl (C=O) groups excluding carboxylic acids is 1. The summed E-state index contributed by atoms with van der Waals surface area (Å²) in [6.45, 7) is 6.30. The van der Waals surface area contributed by atoms with Gasteiger partial charge in [0.2, 0.25) is 0 Å². The number of amides is 1. The first-order chi connectivity index (χ1) is 13.4. The summed E-state index contributed by atoms with van der Waals surface area (Å²) in [4.78, 5) is 20.6. The molecular formula is C22H23ClFN3O. The van der Waals surface area contributed by atoms with Crippen molar-refractivity contribution in [2.45, 2.75) is 32.5 Å². The third kappa shape index (κ3) is 3.64. The molecule has 2 atom stereocenters. The van der Waals surface area contributed by atoms with E-state index in [-0.39, 0.29) is 23.8 Å². The average molecular weight is 400 g/mol. The van der Waals surface area contributed by atoms with Crippen molar-refractivity contribution in [2.75, 3.05) is 13.1 Å². The highest BCUT2D eigenvalue weighted by Gasteiger charge is 2.33. The van der Waals surface area contributed by atoms with Crippen LogP contribution in [0.3, 0.4) is 0 Å². The van der Waals surface area contributed by atoms with Gasteiger partial charge in [-0.1, -0.05) is 23.7 Å². The predicted octanol–water partition coefficient (Wildman–Crippen LogP) is 4.70. The molecule has 1 aromatic heterocycles. The van der Waals surface area contributed by atoms with E-state index in [9.17, 15) is 9.18 Å². The second kappa shape index (κ2) is 7.57. The van der Waals surface area contributed by atoms with Crippen molar-refractivity contribution >= 4 is 28.4 Å². The Morgan fingerprint density at radius 1 is 1.14 bits per heavy atom. The molecule has 1 amide bonds. The first kappa shape index (κ1) is 19.0. The minimum atomic E-state index is -0.225. The molecule has 0 saturated carbocycles. The van der Waals surface area contributed by atoms with Gasteiger partial charge in [-0.3, -0.25) is 9.69 Å². The van der Waals surface area contributed by atoms with Crippen molar-refractivity contribution < 1.29 is 9.18 Å². The molecule has 6 heteroatoms. The minimum Gasteiger partial charge on any atom is -0.361 e. The van der Waals surface area contributed by atoms with Gasteiger partial charge in [0, 0.05) is 48.8 Å². The molecule has 0 spiro atoms. The number of fused-ring (bicyclic) bond motifs is 1. The molecular weight excluding hydrogens is 377 g/mol. The fourth-order valence-corrected chi connectivity index (χ4v) is 4.16. The zero-order valence-electron chi connectivity index (χ0n) is 16.0. The second-order valence-corrected chi connectivity index (χ2v) is 8.02. The Morgan fingerprint density at radius 2 is 1.89 bits per heavy atom. The first-order valence-corrected chi connectivity index (χ1v) is 9.86. The third-order valence-corrected chi connectivity index (χ3v) is 5.86. The molecule has 1 aliphatic rings. The number of halogens is 2. The molecule has 1 saturated heterocycles. The molecule has 4 nitrogen and oxygen atoms in total. The van der Waals surface area contributed by atoms with E-state index in [2.05, 4.69) is 23.7 Å². The summed E-state index contributed by atoms with van der Waals surface area (Å²) in [6, 6.07) is 12.5. The summed E-state index contributed by atoms with van der Waals surface area (Å²) in [5.74, 6) is -0.259. The van der Waals surface area contributed by atoms with Gasteiger partial charge in [0.15, 0.2) is 0 Å². The van der Waals surface area contributed by atoms with Crippen LogP contribution in [0.2, 0.25) is 5.02 Å². The van der Waals surface area contributed by atoms with E-state index in [1.54, 1.807) is 0 Å². The molecule has 146 valence electrons. The molecule has 4 rings (SSSR count). The number of aromatic amines is 1. The second-order valence-electron chi connectivity index (χ2n) is 7.61. The molecule has 0 aliphatic carbocycles. The SMILES string of the molecule is C[C@@H]1CN(C(=O)c2cc3cc[nH]c3cc2Cl)[C@@H](C)CN1Cc1ccc(F)cc1. The standard InChI is InChI=1S/C22H23ClFN3O/c1-14-12-27(15(2)11-26(14)13-16-3-5-18(24)6-4-16)22(28)19-9-17-7-8-25-21(17)10-20(19)23/h3-10,14-15,25H,11-13H2,1-2H3/t14-,15+/m1/s1. The average Bonchev–Trinajstić information content (AvgIpc) is 3.12. The highest BCUT2D eigenvalue weighted by molar-refractivity contribution is 6.34. The topological polar surface area (TPSA) is 39.3 Å². The molecule has 2 aromatic carbocycles. The number of H-pyrrole nitrogens is 1. The van der Waals surface area contributed by atoms with E-state index in [0.29, 0.717) is 17.1 Å². The number of aromatic nitrogens is 1. The molecule has 0 unspecified atom stereocenters. The van der Waals surface area contributed by atoms with E-state index < -0.39 is 0 Å². The van der Waals surface area contributed by atoms with Crippen molar-refractivity contribution in [1.82, 2.24) is 14.8 Å². The zero-order valence-corrected chi connectivity index (χ0v) is 16.7. The van der Waals surface area contributed by atoms with E-state index in [4.69, 9.17) is 11.6 Å². The summed E-state index contributed by atoms with van der Waals surface area (Å²) in [6.07, 6.45) is 1.84. The lowest BCUT2D eigenvalue weighted by molar-refractivity contribution is 0.0291. The van der Waals surface area contributed by atoms with Crippen molar-refractivity contribution in [1.29, 1.82) is 0 Å². The van der Waals surface area contributed by atoms with Gasteiger partial charge in [-0.05, 0) is 49.7 Å². The van der Waals surface area contributed by atoms with E-state index >= 15 is 0 Å². The van der Waals surface area contributed by atoms with Crippen LogP contribution in [0.4, 0.5) is 4.39 Å². The predicted molar refractivity (Wildman–Crippen MR) is 110 cm³/mol. The van der Waals surface area contributed by atoms with E-state index in [1.807, 2.05) is 41.4 Å². The van der Waals surface area contributed by atoms with Gasteiger partial charge in [-0.25, -0.2) is 4.39 Å². The summed E-state index contributed by atoms with van der Waals surface area (Å²) in [5.41, 5.74) is 2.54. The minimum absolute atomic E-state index is 0.0334. The van der Waals surface area contributed by atoms with Crippen LogP contribution in [0, 0.1) is 5.82 Å². The Labute approximate surface area is 168 Å². The molecule has 1 aliphatic heterocycles. The fourth-order valence-electron chi connectivity index (χ4n) is 3.92. The number of piperazine rings is 1. The molecule has 1 N–H and O–H groups in total. The van der Waals surface area contributed by atoms with Gasteiger partial charge in [0.25, 0.3) is 5.91 Å². The lowest BCUT2D eigenvalue weighted by Gasteiger charge is -2.44. The van der Waals surface area contributed by atoms with Crippen LogP contribution in [0.25, 0.3) is 10.9 Å². The van der Waals surface area contributed by atoms with Crippen LogP contribution >= 0.6 is 11.6 Å². The summed E-state index contributed by atoms with van der Waals surface area (Å²) >= 11 is 6.40. The first-order valence-electron chi connectivity index (χ1n) is 9.48. The molecule has 0 radical (unpaired) electrons. The maximum absolute atomic E-state index is 13.2. The van der Waals surface area contributed by atoms with E-state index in [1.165, 1.54) is 12.1 Å². The maximum Gasteiger partial charge on any atom is 0.255 e. The maximum atomic E-state index is 13.2. The normalized spacial score (nSPS) is 20.6. The highest BCUT2D eigenvalue weighted by Crippen LogP contribution is 2.27. The number of carbonyl (C=O) groups is 1. The molecule has 2 heterocycles. The Morgan fingerprint density at radius 3 is 2.64 bits per heavy atom. The zero-order chi connectivity index (χ0) is 19.8. The summed E-state index contributed by atoms with van der Waals surface area (Å²) in [7, 11) is 0.